The first-order chi connectivity index (χ1) is 6.07. The van der Waals surface area contributed by atoms with Crippen LogP contribution in [0.3, 0.4) is 0 Å². The topological polar surface area (TPSA) is 88.6 Å². The van der Waals surface area contributed by atoms with Crippen LogP contribution in [0.15, 0.2) is 17.6 Å². The summed E-state index contributed by atoms with van der Waals surface area (Å²) in [4.78, 5) is 14.0. The zero-order valence-electron chi connectivity index (χ0n) is 6.72. The smallest absolute Gasteiger partial charge is 0.228 e. The summed E-state index contributed by atoms with van der Waals surface area (Å²) in [5.41, 5.74) is 0.686. The molecular weight excluding hydrogens is 192 g/mol. The SMILES string of the molecule is CS(=O)(=O)c1nc2nccnc2[nH]1. The second-order valence-corrected chi connectivity index (χ2v) is 4.47. The summed E-state index contributed by atoms with van der Waals surface area (Å²) < 4.78 is 22.1. The number of nitrogens with zero attached hydrogens (tertiary/aromatic N) is 3. The zero-order chi connectivity index (χ0) is 9.47. The molecule has 0 bridgehead atoms. The van der Waals surface area contributed by atoms with E-state index in [9.17, 15) is 8.42 Å². The van der Waals surface area contributed by atoms with Gasteiger partial charge < -0.3 is 4.98 Å². The number of sulfone groups is 1. The van der Waals surface area contributed by atoms with Gasteiger partial charge in [-0.2, -0.15) is 4.98 Å². The minimum atomic E-state index is -3.31. The van der Waals surface area contributed by atoms with Crippen LogP contribution in [0.2, 0.25) is 0 Å². The van der Waals surface area contributed by atoms with E-state index >= 15 is 0 Å². The average Bonchev–Trinajstić information content (AvgIpc) is 2.45. The quantitative estimate of drug-likeness (QED) is 0.682. The van der Waals surface area contributed by atoms with Gasteiger partial charge in [0.1, 0.15) is 0 Å². The summed E-state index contributed by atoms with van der Waals surface area (Å²) in [5, 5.41) is -0.103. The maximum atomic E-state index is 11.1. The van der Waals surface area contributed by atoms with Gasteiger partial charge >= 0.3 is 0 Å². The summed E-state index contributed by atoms with van der Waals surface area (Å²) in [5.74, 6) is 0. The van der Waals surface area contributed by atoms with E-state index in [1.165, 1.54) is 12.4 Å². The summed E-state index contributed by atoms with van der Waals surface area (Å²) in [7, 11) is -3.31. The van der Waals surface area contributed by atoms with Crippen LogP contribution in [-0.4, -0.2) is 34.6 Å². The largest absolute Gasteiger partial charge is 0.312 e. The number of hydrogen-bond acceptors (Lipinski definition) is 5. The molecule has 0 aliphatic carbocycles. The van der Waals surface area contributed by atoms with Crippen LogP contribution in [-0.2, 0) is 9.84 Å². The fourth-order valence-electron chi connectivity index (χ4n) is 0.902. The summed E-state index contributed by atoms with van der Waals surface area (Å²) in [6.07, 6.45) is 3.99. The van der Waals surface area contributed by atoms with E-state index in [0.717, 1.165) is 6.26 Å². The van der Waals surface area contributed by atoms with Gasteiger partial charge in [-0.3, -0.25) is 0 Å². The number of nitrogens with one attached hydrogen (secondary N) is 1. The van der Waals surface area contributed by atoms with Crippen LogP contribution in [0.25, 0.3) is 11.3 Å². The number of hydrogen-bond donors (Lipinski definition) is 1. The van der Waals surface area contributed by atoms with Crippen LogP contribution in [0.4, 0.5) is 0 Å². The summed E-state index contributed by atoms with van der Waals surface area (Å²) >= 11 is 0. The molecule has 0 atom stereocenters. The van der Waals surface area contributed by atoms with Crippen molar-refractivity contribution < 1.29 is 8.42 Å². The van der Waals surface area contributed by atoms with E-state index in [2.05, 4.69) is 19.9 Å². The van der Waals surface area contributed by atoms with Crippen molar-refractivity contribution in [1.82, 2.24) is 19.9 Å². The second-order valence-electron chi connectivity index (χ2n) is 2.54. The van der Waals surface area contributed by atoms with Crippen molar-refractivity contribution in [3.63, 3.8) is 0 Å². The number of H-pyrrole nitrogens is 1. The third-order valence-electron chi connectivity index (χ3n) is 1.46. The van der Waals surface area contributed by atoms with Gasteiger partial charge in [-0.05, 0) is 0 Å². The minimum Gasteiger partial charge on any atom is -0.312 e. The van der Waals surface area contributed by atoms with E-state index < -0.39 is 9.84 Å². The lowest BCUT2D eigenvalue weighted by atomic mass is 10.7. The van der Waals surface area contributed by atoms with Gasteiger partial charge in [-0.25, -0.2) is 18.4 Å². The van der Waals surface area contributed by atoms with Crippen molar-refractivity contribution in [2.75, 3.05) is 6.26 Å². The van der Waals surface area contributed by atoms with E-state index in [4.69, 9.17) is 0 Å². The van der Waals surface area contributed by atoms with Crippen LogP contribution >= 0.6 is 0 Å². The van der Waals surface area contributed by atoms with Gasteiger partial charge in [0, 0.05) is 18.6 Å². The molecule has 0 radical (unpaired) electrons. The molecule has 7 heteroatoms. The summed E-state index contributed by atoms with van der Waals surface area (Å²) in [6.45, 7) is 0. The molecule has 0 aromatic carbocycles. The normalized spacial score (nSPS) is 12.1. The molecule has 0 unspecified atom stereocenters. The lowest BCUT2D eigenvalue weighted by Crippen LogP contribution is -1.98. The predicted octanol–water partition coefficient (Wildman–Crippen LogP) is -0.244. The Labute approximate surface area is 74.0 Å². The molecule has 13 heavy (non-hydrogen) atoms. The first-order valence-corrected chi connectivity index (χ1v) is 5.33. The first kappa shape index (κ1) is 8.11. The van der Waals surface area contributed by atoms with Crippen LogP contribution in [0, 0.1) is 0 Å². The van der Waals surface area contributed by atoms with Gasteiger partial charge in [0.2, 0.25) is 15.0 Å². The van der Waals surface area contributed by atoms with Crippen molar-refractivity contribution in [2.45, 2.75) is 5.16 Å². The van der Waals surface area contributed by atoms with Gasteiger partial charge in [0.15, 0.2) is 11.3 Å². The molecule has 6 nitrogen and oxygen atoms in total. The fourth-order valence-corrected chi connectivity index (χ4v) is 1.44. The zero-order valence-corrected chi connectivity index (χ0v) is 7.54. The lowest BCUT2D eigenvalue weighted by Gasteiger charge is -1.86. The molecular formula is C6H6N4O2S. The van der Waals surface area contributed by atoms with Crippen LogP contribution in [0.1, 0.15) is 0 Å². The van der Waals surface area contributed by atoms with E-state index in [1.807, 2.05) is 0 Å². The van der Waals surface area contributed by atoms with E-state index in [-0.39, 0.29) is 5.16 Å². The first-order valence-electron chi connectivity index (χ1n) is 3.44. The Hall–Kier alpha value is -1.50. The fraction of sp³-hybridized carbons (Fsp3) is 0.167. The van der Waals surface area contributed by atoms with Crippen LogP contribution in [0.5, 0.6) is 0 Å². The van der Waals surface area contributed by atoms with Crippen molar-refractivity contribution in [2.24, 2.45) is 0 Å². The van der Waals surface area contributed by atoms with Crippen molar-refractivity contribution in [1.29, 1.82) is 0 Å². The number of fused-ring (bicyclic) bond motifs is 1. The Morgan fingerprint density at radius 1 is 1.31 bits per heavy atom. The molecule has 0 spiro atoms. The monoisotopic (exact) mass is 198 g/mol. The molecule has 2 heterocycles. The van der Waals surface area contributed by atoms with Gasteiger partial charge in [-0.1, -0.05) is 0 Å². The highest BCUT2D eigenvalue weighted by Crippen LogP contribution is 2.08. The van der Waals surface area contributed by atoms with E-state index in [1.54, 1.807) is 0 Å². The predicted molar refractivity (Wildman–Crippen MR) is 44.8 cm³/mol. The Morgan fingerprint density at radius 3 is 2.62 bits per heavy atom. The number of imidazole rings is 1. The molecule has 0 saturated carbocycles. The van der Waals surface area contributed by atoms with Crippen molar-refractivity contribution >= 4 is 21.1 Å². The highest BCUT2D eigenvalue weighted by atomic mass is 32.2. The molecule has 0 aliphatic heterocycles. The highest BCUT2D eigenvalue weighted by Gasteiger charge is 2.13. The Balaban J connectivity index is 2.77. The van der Waals surface area contributed by atoms with Gasteiger partial charge in [-0.15, -0.1) is 0 Å². The Morgan fingerprint density at radius 2 is 2.00 bits per heavy atom. The number of aromatic amines is 1. The molecule has 0 fully saturated rings. The second kappa shape index (κ2) is 2.49. The highest BCUT2D eigenvalue weighted by molar-refractivity contribution is 7.90. The minimum absolute atomic E-state index is 0.103. The average molecular weight is 198 g/mol. The molecule has 0 amide bonds. The van der Waals surface area contributed by atoms with E-state index in [0.29, 0.717) is 11.3 Å². The van der Waals surface area contributed by atoms with Gasteiger partial charge in [0.05, 0.1) is 0 Å². The molecule has 68 valence electrons. The molecule has 2 aromatic rings. The molecule has 2 rings (SSSR count). The Bertz CT molecular complexity index is 512. The number of rotatable bonds is 1. The number of aromatic nitrogens is 4. The summed E-state index contributed by atoms with van der Waals surface area (Å²) in [6, 6.07) is 0. The molecule has 2 aromatic heterocycles. The maximum Gasteiger partial charge on any atom is 0.228 e. The van der Waals surface area contributed by atoms with Crippen LogP contribution < -0.4 is 0 Å². The molecule has 1 N–H and O–H groups in total. The molecule has 0 aliphatic rings. The maximum absolute atomic E-state index is 11.1. The van der Waals surface area contributed by atoms with Gasteiger partial charge in [0.25, 0.3) is 0 Å². The standard InChI is InChI=1S/C6H6N4O2S/c1-13(11,12)6-9-4-5(10-6)8-3-2-7-4/h2-3H,1H3,(H,7,8,9,10). The van der Waals surface area contributed by atoms with Crippen molar-refractivity contribution in [3.8, 4) is 0 Å². The Kier molecular flexibility index (Phi) is 1.56. The molecule has 0 saturated heterocycles. The third-order valence-corrected chi connectivity index (χ3v) is 2.36. The third kappa shape index (κ3) is 1.37. The lowest BCUT2D eigenvalue weighted by molar-refractivity contribution is 0.595. The van der Waals surface area contributed by atoms with Crippen molar-refractivity contribution in [3.05, 3.63) is 12.4 Å².